The molecule has 0 aliphatic carbocycles. The summed E-state index contributed by atoms with van der Waals surface area (Å²) in [6.45, 7) is 5.44. The van der Waals surface area contributed by atoms with Crippen molar-refractivity contribution in [3.05, 3.63) is 36.0 Å². The third-order valence-corrected chi connectivity index (χ3v) is 6.24. The number of aryl methyl sites for hydroxylation is 1. The van der Waals surface area contributed by atoms with Gasteiger partial charge in [0, 0.05) is 48.9 Å². The number of nitrogens with one attached hydrogen (secondary N) is 3. The lowest BCUT2D eigenvalue weighted by atomic mass is 9.92. The number of hydroxylamine groups is 1. The molecule has 0 saturated carbocycles. The molecule has 4 N–H and O–H groups in total. The van der Waals surface area contributed by atoms with Gasteiger partial charge in [0.1, 0.15) is 6.04 Å². The molecule has 1 aromatic carbocycles. The summed E-state index contributed by atoms with van der Waals surface area (Å²) in [6.07, 6.45) is 6.93. The summed E-state index contributed by atoms with van der Waals surface area (Å²) in [5.41, 5.74) is 3.75. The van der Waals surface area contributed by atoms with Gasteiger partial charge in [-0.2, -0.15) is 0 Å². The van der Waals surface area contributed by atoms with Crippen molar-refractivity contribution in [3.63, 3.8) is 0 Å². The van der Waals surface area contributed by atoms with Crippen LogP contribution in [0.5, 0.6) is 0 Å². The van der Waals surface area contributed by atoms with Crippen LogP contribution in [0.4, 0.5) is 0 Å². The molecule has 2 aromatic rings. The minimum absolute atomic E-state index is 0.131. The van der Waals surface area contributed by atoms with Crippen molar-refractivity contribution in [2.45, 2.75) is 71.4 Å². The highest BCUT2D eigenvalue weighted by atomic mass is 16.5. The Bertz CT molecular complexity index is 968. The van der Waals surface area contributed by atoms with E-state index in [0.29, 0.717) is 19.4 Å². The highest BCUT2D eigenvalue weighted by Crippen LogP contribution is 2.24. The Balaban J connectivity index is 1.87. The Morgan fingerprint density at radius 3 is 2.70 bits per heavy atom. The van der Waals surface area contributed by atoms with Crippen LogP contribution >= 0.6 is 0 Å². The zero-order valence-electron chi connectivity index (χ0n) is 19.6. The molecule has 1 unspecified atom stereocenters. The fourth-order valence-corrected chi connectivity index (χ4v) is 4.61. The van der Waals surface area contributed by atoms with Gasteiger partial charge >= 0.3 is 0 Å². The van der Waals surface area contributed by atoms with Crippen molar-refractivity contribution in [1.82, 2.24) is 20.7 Å². The van der Waals surface area contributed by atoms with Crippen molar-refractivity contribution in [2.75, 3.05) is 6.54 Å². The minimum atomic E-state index is -0.746. The van der Waals surface area contributed by atoms with Gasteiger partial charge in [-0.15, -0.1) is 0 Å². The second kappa shape index (κ2) is 11.8. The molecule has 3 rings (SSSR count). The van der Waals surface area contributed by atoms with Gasteiger partial charge in [-0.05, 0) is 36.8 Å². The highest BCUT2D eigenvalue weighted by Gasteiger charge is 2.29. The number of fused-ring (bicyclic) bond motifs is 5. The Kier molecular flexibility index (Phi) is 8.88. The molecular formula is C25H36N4O4. The monoisotopic (exact) mass is 456 g/mol. The van der Waals surface area contributed by atoms with Gasteiger partial charge in [0.15, 0.2) is 0 Å². The topological polar surface area (TPSA) is 112 Å². The quantitative estimate of drug-likeness (QED) is 0.395. The molecule has 180 valence electrons. The molecule has 2 atom stereocenters. The van der Waals surface area contributed by atoms with Crippen LogP contribution in [0.3, 0.4) is 0 Å². The molecule has 33 heavy (non-hydrogen) atoms. The summed E-state index contributed by atoms with van der Waals surface area (Å²) in [5.74, 6) is -1.62. The Labute approximate surface area is 195 Å². The predicted octanol–water partition coefficient (Wildman–Crippen LogP) is 2.92. The SMILES string of the molecule is CC(C)C[C@H](CC(=O)NO)C(=O)NC1Cc2cn(c3ccccc23)CCCCCCNC1=O. The van der Waals surface area contributed by atoms with Gasteiger partial charge in [0.05, 0.1) is 0 Å². The number of amides is 3. The van der Waals surface area contributed by atoms with E-state index in [1.165, 1.54) is 0 Å². The molecule has 1 aliphatic rings. The first-order valence-electron chi connectivity index (χ1n) is 12.0. The van der Waals surface area contributed by atoms with Crippen LogP contribution in [0, 0.1) is 11.8 Å². The van der Waals surface area contributed by atoms with Crippen LogP contribution in [-0.4, -0.2) is 40.1 Å². The first-order chi connectivity index (χ1) is 15.9. The van der Waals surface area contributed by atoms with Gasteiger partial charge < -0.3 is 15.2 Å². The molecular weight excluding hydrogens is 420 g/mol. The largest absolute Gasteiger partial charge is 0.354 e. The summed E-state index contributed by atoms with van der Waals surface area (Å²) in [7, 11) is 0. The van der Waals surface area contributed by atoms with Gasteiger partial charge in [0.2, 0.25) is 17.7 Å². The van der Waals surface area contributed by atoms with Crippen LogP contribution in [0.2, 0.25) is 0 Å². The summed E-state index contributed by atoms with van der Waals surface area (Å²) >= 11 is 0. The van der Waals surface area contributed by atoms with E-state index in [9.17, 15) is 14.4 Å². The molecule has 0 spiro atoms. The average molecular weight is 457 g/mol. The van der Waals surface area contributed by atoms with Gasteiger partial charge in [-0.25, -0.2) is 5.48 Å². The van der Waals surface area contributed by atoms with E-state index in [1.807, 2.05) is 26.0 Å². The van der Waals surface area contributed by atoms with Crippen LogP contribution in [0.15, 0.2) is 30.5 Å². The molecule has 8 heteroatoms. The summed E-state index contributed by atoms with van der Waals surface area (Å²) in [4.78, 5) is 38.0. The number of para-hydroxylation sites is 1. The maximum Gasteiger partial charge on any atom is 0.244 e. The smallest absolute Gasteiger partial charge is 0.244 e. The lowest BCUT2D eigenvalue weighted by molar-refractivity contribution is -0.136. The zero-order valence-corrected chi connectivity index (χ0v) is 19.6. The van der Waals surface area contributed by atoms with Gasteiger partial charge in [-0.1, -0.05) is 44.9 Å². The Morgan fingerprint density at radius 1 is 1.18 bits per heavy atom. The average Bonchev–Trinajstić information content (AvgIpc) is 3.14. The molecule has 2 heterocycles. The minimum Gasteiger partial charge on any atom is -0.354 e. The lowest BCUT2D eigenvalue weighted by Crippen LogP contribution is -2.50. The van der Waals surface area contributed by atoms with Crippen molar-refractivity contribution in [1.29, 1.82) is 0 Å². The van der Waals surface area contributed by atoms with Crippen LogP contribution in [0.1, 0.15) is 57.9 Å². The first kappa shape index (κ1) is 24.8. The summed E-state index contributed by atoms with van der Waals surface area (Å²) < 4.78 is 2.24. The van der Waals surface area contributed by atoms with Crippen molar-refractivity contribution >= 4 is 28.6 Å². The number of hydrogen-bond acceptors (Lipinski definition) is 4. The van der Waals surface area contributed by atoms with E-state index in [-0.39, 0.29) is 24.2 Å². The first-order valence-corrected chi connectivity index (χ1v) is 12.0. The second-order valence-electron chi connectivity index (χ2n) is 9.40. The number of rotatable bonds is 6. The number of benzene rings is 1. The molecule has 1 aliphatic heterocycles. The molecule has 0 fully saturated rings. The molecule has 2 bridgehead atoms. The van der Waals surface area contributed by atoms with E-state index in [4.69, 9.17) is 5.21 Å². The molecule has 0 saturated heterocycles. The fraction of sp³-hybridized carbons (Fsp3) is 0.560. The van der Waals surface area contributed by atoms with E-state index in [1.54, 1.807) is 5.48 Å². The molecule has 3 amide bonds. The van der Waals surface area contributed by atoms with Crippen molar-refractivity contribution in [3.8, 4) is 0 Å². The van der Waals surface area contributed by atoms with Crippen molar-refractivity contribution in [2.24, 2.45) is 11.8 Å². The van der Waals surface area contributed by atoms with E-state index in [2.05, 4.69) is 33.5 Å². The highest BCUT2D eigenvalue weighted by molar-refractivity contribution is 5.91. The zero-order chi connectivity index (χ0) is 23.8. The summed E-state index contributed by atoms with van der Waals surface area (Å²) in [5, 5.41) is 15.9. The van der Waals surface area contributed by atoms with Crippen LogP contribution in [-0.2, 0) is 27.3 Å². The van der Waals surface area contributed by atoms with Crippen LogP contribution in [0.25, 0.3) is 10.9 Å². The number of nitrogens with zero attached hydrogens (tertiary/aromatic N) is 1. The van der Waals surface area contributed by atoms with Crippen LogP contribution < -0.4 is 16.1 Å². The number of hydrogen-bond donors (Lipinski definition) is 4. The maximum atomic E-state index is 13.1. The third-order valence-electron chi connectivity index (χ3n) is 6.24. The van der Waals surface area contributed by atoms with E-state index >= 15 is 0 Å². The Morgan fingerprint density at radius 2 is 1.94 bits per heavy atom. The lowest BCUT2D eigenvalue weighted by Gasteiger charge is -2.23. The normalized spacial score (nSPS) is 18.5. The number of carbonyl (C=O) groups excluding carboxylic acids is 3. The molecule has 0 radical (unpaired) electrons. The van der Waals surface area contributed by atoms with Gasteiger partial charge in [0.25, 0.3) is 0 Å². The fourth-order valence-electron chi connectivity index (χ4n) is 4.61. The van der Waals surface area contributed by atoms with Crippen molar-refractivity contribution < 1.29 is 19.6 Å². The van der Waals surface area contributed by atoms with Gasteiger partial charge in [-0.3, -0.25) is 19.6 Å². The third kappa shape index (κ3) is 6.81. The molecule has 1 aromatic heterocycles. The predicted molar refractivity (Wildman–Crippen MR) is 127 cm³/mol. The number of aromatic nitrogens is 1. The van der Waals surface area contributed by atoms with E-state index in [0.717, 1.165) is 48.7 Å². The second-order valence-corrected chi connectivity index (χ2v) is 9.40. The van der Waals surface area contributed by atoms with E-state index < -0.39 is 17.9 Å². The standard InChI is InChI=1S/C25H36N4O4/c1-17(2)13-18(15-23(30)28-33)24(31)27-21-14-19-16-29(22-10-6-5-9-20(19)22)12-8-4-3-7-11-26-25(21)32/h5-6,9-10,16-18,21,33H,3-4,7-8,11-15H2,1-2H3,(H,26,32)(H,27,31)(H,28,30)/t18-,21?/m1/s1. The maximum absolute atomic E-state index is 13.1. The molecule has 8 nitrogen and oxygen atoms in total. The Hall–Kier alpha value is -2.87. The number of carbonyl (C=O) groups is 3. The summed E-state index contributed by atoms with van der Waals surface area (Å²) in [6, 6.07) is 7.39.